The van der Waals surface area contributed by atoms with E-state index in [9.17, 15) is 0 Å². The van der Waals surface area contributed by atoms with Crippen LogP contribution in [0.4, 0.5) is 0 Å². The summed E-state index contributed by atoms with van der Waals surface area (Å²) >= 11 is 3.78. The first-order valence-electron chi connectivity index (χ1n) is 8.66. The number of benzene rings is 4. The number of hydrogen-bond acceptors (Lipinski definition) is 0. The second-order valence-electron chi connectivity index (χ2n) is 6.40. The Labute approximate surface area is 160 Å². The third-order valence-electron chi connectivity index (χ3n) is 4.88. The normalized spacial score (nSPS) is 11.3. The average Bonchev–Trinajstić information content (AvgIpc) is 3.03. The molecular formula is C24H16BrN. The summed E-state index contributed by atoms with van der Waals surface area (Å²) in [5, 5.41) is 2.57. The molecule has 0 fully saturated rings. The molecule has 5 rings (SSSR count). The Hall–Kier alpha value is -2.84. The first-order chi connectivity index (χ1) is 12.8. The van der Waals surface area contributed by atoms with Crippen molar-refractivity contribution in [3.05, 3.63) is 102 Å². The van der Waals surface area contributed by atoms with Gasteiger partial charge in [0.1, 0.15) is 0 Å². The zero-order chi connectivity index (χ0) is 17.5. The minimum Gasteiger partial charge on any atom is -0.309 e. The lowest BCUT2D eigenvalue weighted by molar-refractivity contribution is 1.18. The average molecular weight is 398 g/mol. The van der Waals surface area contributed by atoms with E-state index in [1.807, 2.05) is 6.07 Å². The summed E-state index contributed by atoms with van der Waals surface area (Å²) in [4.78, 5) is 0. The molecule has 0 aliphatic heterocycles. The van der Waals surface area contributed by atoms with Crippen molar-refractivity contribution in [2.75, 3.05) is 0 Å². The summed E-state index contributed by atoms with van der Waals surface area (Å²) in [5.74, 6) is 0. The molecule has 0 bridgehead atoms. The highest BCUT2D eigenvalue weighted by molar-refractivity contribution is 9.10. The van der Waals surface area contributed by atoms with E-state index in [2.05, 4.69) is 111 Å². The van der Waals surface area contributed by atoms with Gasteiger partial charge in [-0.15, -0.1) is 0 Å². The number of aromatic nitrogens is 1. The van der Waals surface area contributed by atoms with Gasteiger partial charge in [0, 0.05) is 20.9 Å². The van der Waals surface area contributed by atoms with E-state index < -0.39 is 0 Å². The number of para-hydroxylation sites is 2. The molecule has 1 aromatic heterocycles. The molecule has 0 N–H and O–H groups in total. The highest BCUT2D eigenvalue weighted by Gasteiger charge is 2.12. The first-order valence-corrected chi connectivity index (χ1v) is 9.46. The summed E-state index contributed by atoms with van der Waals surface area (Å²) in [6.07, 6.45) is 0. The van der Waals surface area contributed by atoms with Crippen molar-refractivity contribution in [3.8, 4) is 16.8 Å². The molecule has 0 saturated carbocycles. The van der Waals surface area contributed by atoms with Crippen LogP contribution in [0.25, 0.3) is 38.6 Å². The molecule has 0 radical (unpaired) electrons. The van der Waals surface area contributed by atoms with Crippen LogP contribution in [0, 0.1) is 0 Å². The highest BCUT2D eigenvalue weighted by atomic mass is 79.9. The number of nitrogens with zero attached hydrogens (tertiary/aromatic N) is 1. The third-order valence-corrected chi connectivity index (χ3v) is 5.53. The van der Waals surface area contributed by atoms with Crippen molar-refractivity contribution in [2.45, 2.75) is 0 Å². The van der Waals surface area contributed by atoms with Gasteiger partial charge in [0.2, 0.25) is 0 Å². The van der Waals surface area contributed by atoms with Crippen LogP contribution in [0.5, 0.6) is 0 Å². The van der Waals surface area contributed by atoms with E-state index in [1.54, 1.807) is 0 Å². The Morgan fingerprint density at radius 2 is 1.15 bits per heavy atom. The van der Waals surface area contributed by atoms with Gasteiger partial charge in [0.15, 0.2) is 0 Å². The molecule has 26 heavy (non-hydrogen) atoms. The number of rotatable bonds is 2. The number of halogens is 1. The predicted molar refractivity (Wildman–Crippen MR) is 114 cm³/mol. The van der Waals surface area contributed by atoms with Crippen molar-refractivity contribution in [1.82, 2.24) is 4.57 Å². The second kappa shape index (κ2) is 6.15. The predicted octanol–water partition coefficient (Wildman–Crippen LogP) is 7.21. The first kappa shape index (κ1) is 15.4. The zero-order valence-corrected chi connectivity index (χ0v) is 15.6. The molecule has 0 saturated heterocycles. The van der Waals surface area contributed by atoms with Crippen LogP contribution in [0.15, 0.2) is 102 Å². The smallest absolute Gasteiger partial charge is 0.0541 e. The zero-order valence-electron chi connectivity index (χ0n) is 14.1. The maximum Gasteiger partial charge on any atom is 0.0541 e. The minimum atomic E-state index is 1.10. The number of hydrogen-bond donors (Lipinski definition) is 0. The lowest BCUT2D eigenvalue weighted by Crippen LogP contribution is -1.94. The van der Waals surface area contributed by atoms with Gasteiger partial charge in [-0.25, -0.2) is 0 Å². The molecule has 0 aliphatic carbocycles. The Kier molecular flexibility index (Phi) is 3.65. The fourth-order valence-electron chi connectivity index (χ4n) is 3.70. The SMILES string of the molecule is Brc1cc(-n2c3ccccc3c3ccccc32)ccc1-c1ccccc1. The van der Waals surface area contributed by atoms with Gasteiger partial charge >= 0.3 is 0 Å². The summed E-state index contributed by atoms with van der Waals surface area (Å²) in [5.41, 5.74) is 6.04. The van der Waals surface area contributed by atoms with Crippen LogP contribution < -0.4 is 0 Å². The van der Waals surface area contributed by atoms with E-state index >= 15 is 0 Å². The fraction of sp³-hybridized carbons (Fsp3) is 0. The van der Waals surface area contributed by atoms with Crippen LogP contribution in [-0.4, -0.2) is 4.57 Å². The van der Waals surface area contributed by atoms with E-state index in [4.69, 9.17) is 0 Å². The fourth-order valence-corrected chi connectivity index (χ4v) is 4.29. The van der Waals surface area contributed by atoms with E-state index in [0.29, 0.717) is 0 Å². The molecule has 1 heterocycles. The van der Waals surface area contributed by atoms with E-state index in [0.717, 1.165) is 10.2 Å². The molecule has 0 unspecified atom stereocenters. The molecule has 4 aromatic carbocycles. The highest BCUT2D eigenvalue weighted by Crippen LogP contribution is 2.35. The maximum absolute atomic E-state index is 3.78. The monoisotopic (exact) mass is 397 g/mol. The summed E-state index contributed by atoms with van der Waals surface area (Å²) in [6, 6.07) is 34.3. The van der Waals surface area contributed by atoms with Gasteiger partial charge in [0.05, 0.1) is 11.0 Å². The molecule has 0 spiro atoms. The van der Waals surface area contributed by atoms with Gasteiger partial charge < -0.3 is 4.57 Å². The molecule has 2 heteroatoms. The van der Waals surface area contributed by atoms with Gasteiger partial charge in [0.25, 0.3) is 0 Å². The second-order valence-corrected chi connectivity index (χ2v) is 7.25. The van der Waals surface area contributed by atoms with Crippen LogP contribution in [-0.2, 0) is 0 Å². The van der Waals surface area contributed by atoms with Gasteiger partial charge in [-0.1, -0.05) is 88.7 Å². The summed E-state index contributed by atoms with van der Waals surface area (Å²) < 4.78 is 3.44. The standard InChI is InChI=1S/C24H16BrN/c25-22-16-18(14-15-19(22)17-8-2-1-3-9-17)26-23-12-6-4-10-20(23)21-11-5-7-13-24(21)26/h1-16H. The van der Waals surface area contributed by atoms with Crippen LogP contribution >= 0.6 is 15.9 Å². The lowest BCUT2D eigenvalue weighted by Gasteiger charge is -2.11. The molecule has 0 aliphatic rings. The van der Waals surface area contributed by atoms with Crippen LogP contribution in [0.3, 0.4) is 0 Å². The Morgan fingerprint density at radius 3 is 1.77 bits per heavy atom. The molecule has 0 amide bonds. The van der Waals surface area contributed by atoms with Crippen molar-refractivity contribution < 1.29 is 0 Å². The quantitative estimate of drug-likeness (QED) is 0.296. The Morgan fingerprint density at radius 1 is 0.577 bits per heavy atom. The van der Waals surface area contributed by atoms with Crippen LogP contribution in [0.2, 0.25) is 0 Å². The third kappa shape index (κ3) is 2.38. The topological polar surface area (TPSA) is 4.93 Å². The van der Waals surface area contributed by atoms with Crippen molar-refractivity contribution in [3.63, 3.8) is 0 Å². The van der Waals surface area contributed by atoms with Gasteiger partial charge in [-0.3, -0.25) is 0 Å². The molecule has 5 aromatic rings. The van der Waals surface area contributed by atoms with Crippen molar-refractivity contribution in [1.29, 1.82) is 0 Å². The molecular weight excluding hydrogens is 382 g/mol. The van der Waals surface area contributed by atoms with Gasteiger partial charge in [-0.2, -0.15) is 0 Å². The molecule has 1 nitrogen and oxygen atoms in total. The minimum absolute atomic E-state index is 1.10. The summed E-state index contributed by atoms with van der Waals surface area (Å²) in [7, 11) is 0. The van der Waals surface area contributed by atoms with Crippen LogP contribution in [0.1, 0.15) is 0 Å². The summed E-state index contributed by atoms with van der Waals surface area (Å²) in [6.45, 7) is 0. The number of fused-ring (bicyclic) bond motifs is 3. The Bertz CT molecular complexity index is 1180. The van der Waals surface area contributed by atoms with E-state index in [-0.39, 0.29) is 0 Å². The molecule has 0 atom stereocenters. The maximum atomic E-state index is 3.78. The lowest BCUT2D eigenvalue weighted by atomic mass is 10.1. The Balaban J connectivity index is 1.77. The van der Waals surface area contributed by atoms with Gasteiger partial charge in [-0.05, 0) is 35.4 Å². The largest absolute Gasteiger partial charge is 0.309 e. The van der Waals surface area contributed by atoms with Crippen molar-refractivity contribution >= 4 is 37.7 Å². The van der Waals surface area contributed by atoms with Crippen molar-refractivity contribution in [2.24, 2.45) is 0 Å². The van der Waals surface area contributed by atoms with E-state index in [1.165, 1.54) is 32.9 Å². The molecule has 124 valence electrons.